The predicted octanol–water partition coefficient (Wildman–Crippen LogP) is 3.87. The number of amides is 2. The van der Waals surface area contributed by atoms with Crippen LogP contribution in [0.1, 0.15) is 6.42 Å². The van der Waals surface area contributed by atoms with Gasteiger partial charge in [0.05, 0.1) is 6.61 Å². The Hall–Kier alpha value is -1.51. The molecule has 24 heavy (non-hydrogen) atoms. The molecule has 130 valence electrons. The van der Waals surface area contributed by atoms with Gasteiger partial charge in [-0.2, -0.15) is 0 Å². The van der Waals surface area contributed by atoms with Crippen molar-refractivity contribution in [3.63, 3.8) is 0 Å². The molecule has 2 amide bonds. The Kier molecular flexibility index (Phi) is 7.14. The first kappa shape index (κ1) is 18.8. The summed E-state index contributed by atoms with van der Waals surface area (Å²) in [6, 6.07) is 7.19. The van der Waals surface area contributed by atoms with Crippen molar-refractivity contribution in [3.8, 4) is 5.75 Å². The molecule has 0 aliphatic rings. The maximum absolute atomic E-state index is 11.9. The molecule has 0 bridgehead atoms. The number of halogens is 1. The summed E-state index contributed by atoms with van der Waals surface area (Å²) in [4.78, 5) is 14.9. The van der Waals surface area contributed by atoms with Crippen molar-refractivity contribution >= 4 is 45.9 Å². The minimum absolute atomic E-state index is 0.126. The molecule has 1 aromatic heterocycles. The fourth-order valence-electron chi connectivity index (χ4n) is 1.72. The summed E-state index contributed by atoms with van der Waals surface area (Å²) in [5, 5.41) is 9.45. The third-order valence-corrected chi connectivity index (χ3v) is 5.42. The van der Waals surface area contributed by atoms with Gasteiger partial charge in [0.15, 0.2) is 4.34 Å². The van der Waals surface area contributed by atoms with Gasteiger partial charge < -0.3 is 9.64 Å². The highest BCUT2D eigenvalue weighted by Gasteiger charge is 2.17. The summed E-state index contributed by atoms with van der Waals surface area (Å²) in [6.07, 6.45) is 0.884. The molecule has 6 nitrogen and oxygen atoms in total. The number of anilines is 1. The summed E-state index contributed by atoms with van der Waals surface area (Å²) in [5.41, 5.74) is 0. The monoisotopic (exact) mass is 386 g/mol. The van der Waals surface area contributed by atoms with Gasteiger partial charge >= 0.3 is 6.03 Å². The van der Waals surface area contributed by atoms with E-state index in [1.54, 1.807) is 45.0 Å². The molecule has 0 fully saturated rings. The van der Waals surface area contributed by atoms with E-state index in [1.165, 1.54) is 21.1 Å². The number of thioether (sulfide) groups is 1. The van der Waals surface area contributed by atoms with E-state index in [0.29, 0.717) is 16.8 Å². The maximum atomic E-state index is 11.9. The van der Waals surface area contributed by atoms with Gasteiger partial charge in [0.25, 0.3) is 0 Å². The van der Waals surface area contributed by atoms with Crippen LogP contribution in [-0.4, -0.2) is 54.6 Å². The van der Waals surface area contributed by atoms with Gasteiger partial charge in [-0.1, -0.05) is 34.7 Å². The zero-order chi connectivity index (χ0) is 17.5. The first-order chi connectivity index (χ1) is 11.5. The smallest absolute Gasteiger partial charge is 0.325 e. The van der Waals surface area contributed by atoms with E-state index in [9.17, 15) is 4.79 Å². The molecule has 0 saturated carbocycles. The molecule has 1 heterocycles. The van der Waals surface area contributed by atoms with Crippen LogP contribution in [0.5, 0.6) is 5.75 Å². The molecule has 2 aromatic rings. The summed E-state index contributed by atoms with van der Waals surface area (Å²) in [5.74, 6) is 1.68. The second-order valence-electron chi connectivity index (χ2n) is 5.09. The van der Waals surface area contributed by atoms with Crippen LogP contribution in [0.2, 0.25) is 5.02 Å². The predicted molar refractivity (Wildman–Crippen MR) is 99.7 cm³/mol. The normalized spacial score (nSPS) is 10.5. The Bertz CT molecular complexity index is 664. The Morgan fingerprint density at radius 3 is 2.62 bits per heavy atom. The molecule has 2 rings (SSSR count). The Morgan fingerprint density at radius 2 is 1.96 bits per heavy atom. The Labute approximate surface area is 154 Å². The lowest BCUT2D eigenvalue weighted by Crippen LogP contribution is -2.36. The number of rotatable bonds is 7. The summed E-state index contributed by atoms with van der Waals surface area (Å²) in [7, 11) is 5.10. The molecular formula is C15H19ClN4O2S2. The van der Waals surface area contributed by atoms with Crippen molar-refractivity contribution in [1.82, 2.24) is 15.1 Å². The minimum atomic E-state index is -0.126. The first-order valence-electron chi connectivity index (χ1n) is 7.27. The standard InChI is InChI=1S/C15H19ClN4O2S2/c1-19(2)15(21)20(3)13-17-18-14(24-13)23-10-4-9-22-12-7-5-11(16)6-8-12/h5-8H,4,9-10H2,1-3H3. The third kappa shape index (κ3) is 5.54. The van der Waals surface area contributed by atoms with Gasteiger partial charge in [-0.15, -0.1) is 10.2 Å². The molecule has 0 aliphatic heterocycles. The van der Waals surface area contributed by atoms with Gasteiger partial charge in [0.2, 0.25) is 5.13 Å². The van der Waals surface area contributed by atoms with E-state index >= 15 is 0 Å². The van der Waals surface area contributed by atoms with E-state index in [4.69, 9.17) is 16.3 Å². The molecule has 0 aliphatic carbocycles. The Balaban J connectivity index is 1.71. The van der Waals surface area contributed by atoms with Crippen molar-refractivity contribution in [2.24, 2.45) is 0 Å². The molecule has 0 radical (unpaired) electrons. The quantitative estimate of drug-likeness (QED) is 0.410. The zero-order valence-electron chi connectivity index (χ0n) is 13.7. The summed E-state index contributed by atoms with van der Waals surface area (Å²) in [6.45, 7) is 0.624. The number of aromatic nitrogens is 2. The Morgan fingerprint density at radius 1 is 1.25 bits per heavy atom. The van der Waals surface area contributed by atoms with Crippen LogP contribution in [0.15, 0.2) is 28.6 Å². The second kappa shape index (κ2) is 9.10. The van der Waals surface area contributed by atoms with Gasteiger partial charge in [-0.25, -0.2) is 4.79 Å². The number of hydrogen-bond acceptors (Lipinski definition) is 6. The first-order valence-corrected chi connectivity index (χ1v) is 9.45. The van der Waals surface area contributed by atoms with Crippen molar-refractivity contribution in [2.45, 2.75) is 10.8 Å². The van der Waals surface area contributed by atoms with Crippen molar-refractivity contribution < 1.29 is 9.53 Å². The van der Waals surface area contributed by atoms with E-state index < -0.39 is 0 Å². The summed E-state index contributed by atoms with van der Waals surface area (Å²) < 4.78 is 6.48. The zero-order valence-corrected chi connectivity index (χ0v) is 16.1. The molecule has 0 atom stereocenters. The SMILES string of the molecule is CN(C)C(=O)N(C)c1nnc(SCCCOc2ccc(Cl)cc2)s1. The number of carbonyl (C=O) groups excluding carboxylic acids is 1. The third-order valence-electron chi connectivity index (χ3n) is 2.95. The largest absolute Gasteiger partial charge is 0.494 e. The molecule has 0 spiro atoms. The van der Waals surface area contributed by atoms with Gasteiger partial charge in [-0.05, 0) is 30.7 Å². The van der Waals surface area contributed by atoms with Crippen molar-refractivity contribution in [1.29, 1.82) is 0 Å². The van der Waals surface area contributed by atoms with Crippen LogP contribution in [0.3, 0.4) is 0 Å². The molecule has 0 saturated heterocycles. The number of urea groups is 1. The lowest BCUT2D eigenvalue weighted by atomic mass is 10.3. The van der Waals surface area contributed by atoms with Crippen LogP contribution in [0.4, 0.5) is 9.93 Å². The molecule has 9 heteroatoms. The molecular weight excluding hydrogens is 368 g/mol. The van der Waals surface area contributed by atoms with Gasteiger partial charge in [-0.3, -0.25) is 4.90 Å². The van der Waals surface area contributed by atoms with Crippen LogP contribution in [-0.2, 0) is 0 Å². The van der Waals surface area contributed by atoms with Crippen molar-refractivity contribution in [2.75, 3.05) is 38.4 Å². The number of hydrogen-bond donors (Lipinski definition) is 0. The average Bonchev–Trinajstić information content (AvgIpc) is 3.03. The van der Waals surface area contributed by atoms with Crippen LogP contribution < -0.4 is 9.64 Å². The second-order valence-corrected chi connectivity index (χ2v) is 7.83. The van der Waals surface area contributed by atoms with Gasteiger partial charge in [0, 0.05) is 31.9 Å². The molecule has 0 unspecified atom stereocenters. The van der Waals surface area contributed by atoms with Gasteiger partial charge in [0.1, 0.15) is 5.75 Å². The number of carbonyl (C=O) groups is 1. The average molecular weight is 387 g/mol. The lowest BCUT2D eigenvalue weighted by molar-refractivity contribution is 0.225. The minimum Gasteiger partial charge on any atom is -0.494 e. The highest BCUT2D eigenvalue weighted by molar-refractivity contribution is 8.01. The van der Waals surface area contributed by atoms with E-state index in [2.05, 4.69) is 10.2 Å². The molecule has 1 aromatic carbocycles. The summed E-state index contributed by atoms with van der Waals surface area (Å²) >= 11 is 8.84. The van der Waals surface area contributed by atoms with Crippen molar-refractivity contribution in [3.05, 3.63) is 29.3 Å². The molecule has 0 N–H and O–H groups in total. The topological polar surface area (TPSA) is 58.6 Å². The van der Waals surface area contributed by atoms with Crippen LogP contribution in [0.25, 0.3) is 0 Å². The number of ether oxygens (including phenoxy) is 1. The number of benzene rings is 1. The fourth-order valence-corrected chi connectivity index (χ4v) is 3.62. The van der Waals surface area contributed by atoms with Crippen LogP contribution >= 0.6 is 34.7 Å². The maximum Gasteiger partial charge on any atom is 0.325 e. The van der Waals surface area contributed by atoms with Crippen LogP contribution in [0, 0.1) is 0 Å². The van der Waals surface area contributed by atoms with E-state index in [1.807, 2.05) is 12.1 Å². The highest BCUT2D eigenvalue weighted by Crippen LogP contribution is 2.28. The highest BCUT2D eigenvalue weighted by atomic mass is 35.5. The number of nitrogens with zero attached hydrogens (tertiary/aromatic N) is 4. The fraction of sp³-hybridized carbons (Fsp3) is 0.400. The van der Waals surface area contributed by atoms with E-state index in [0.717, 1.165) is 22.3 Å². The lowest BCUT2D eigenvalue weighted by Gasteiger charge is -2.18. The van der Waals surface area contributed by atoms with E-state index in [-0.39, 0.29) is 6.03 Å².